The number of nitrogens with one attached hydrogen (secondary N) is 2. The number of para-hydroxylation sites is 1. The van der Waals surface area contributed by atoms with Gasteiger partial charge in [-0.2, -0.15) is 0 Å². The van der Waals surface area contributed by atoms with Crippen molar-refractivity contribution in [2.24, 2.45) is 21.5 Å². The lowest BCUT2D eigenvalue weighted by atomic mass is 9.87. The average molecular weight is 483 g/mol. The van der Waals surface area contributed by atoms with Gasteiger partial charge < -0.3 is 36.8 Å². The van der Waals surface area contributed by atoms with Gasteiger partial charge in [-0.1, -0.05) is 12.1 Å². The van der Waals surface area contributed by atoms with E-state index in [4.69, 9.17) is 16.2 Å². The first kappa shape index (κ1) is 21.6. The SMILES string of the molecule is NC1=NC2C(CN3C(=O)CCC3=O)N=C(N)N3C[C@H](NC(=O)c4cccc5c4OCC5)[C@@H](O)[C@]23N1. The summed E-state index contributed by atoms with van der Waals surface area (Å²) in [5.74, 6) is -0.209. The Balaban J connectivity index is 1.28. The fourth-order valence-corrected chi connectivity index (χ4v) is 5.84. The number of aliphatic hydroxyl groups is 1. The van der Waals surface area contributed by atoms with Crippen LogP contribution in [0.25, 0.3) is 0 Å². The third-order valence-electron chi connectivity index (χ3n) is 7.45. The van der Waals surface area contributed by atoms with E-state index in [1.165, 1.54) is 0 Å². The summed E-state index contributed by atoms with van der Waals surface area (Å²) < 4.78 is 5.65. The van der Waals surface area contributed by atoms with Gasteiger partial charge in [0, 0.05) is 25.8 Å². The number of aliphatic imine (C=N–C) groups is 2. The van der Waals surface area contributed by atoms with Crippen LogP contribution in [0.4, 0.5) is 0 Å². The summed E-state index contributed by atoms with van der Waals surface area (Å²) in [4.78, 5) is 49.4. The number of fused-ring (bicyclic) bond motifs is 1. The van der Waals surface area contributed by atoms with Crippen LogP contribution in [0, 0.1) is 0 Å². The number of likely N-dealkylation sites (tertiary alicyclic amines) is 1. The number of nitrogens with zero attached hydrogens (tertiary/aromatic N) is 4. The standard InChI is InChI=1S/C22H26N8O5/c23-20-27-17-12(8-29-14(31)4-5-15(29)32)26-21(24)30-9-13(18(33)22(17,30)28-20)25-19(34)11-3-1-2-10-6-7-35-16(10)11/h1-3,12-13,17-18,33H,4-9H2,(H2,24,26)(H,25,34)(H3,23,27,28)/t12?,13-,17?,18+,22-/m0/s1. The van der Waals surface area contributed by atoms with Crippen molar-refractivity contribution in [2.75, 3.05) is 19.7 Å². The molecule has 35 heavy (non-hydrogen) atoms. The van der Waals surface area contributed by atoms with E-state index in [9.17, 15) is 19.5 Å². The van der Waals surface area contributed by atoms with Crippen molar-refractivity contribution >= 4 is 29.6 Å². The lowest BCUT2D eigenvalue weighted by Crippen LogP contribution is -2.73. The number of guanidine groups is 2. The van der Waals surface area contributed by atoms with E-state index in [0.29, 0.717) is 17.9 Å². The molecule has 13 heteroatoms. The second kappa shape index (κ2) is 7.57. The predicted molar refractivity (Wildman–Crippen MR) is 122 cm³/mol. The molecule has 1 aromatic carbocycles. The molecule has 0 aliphatic carbocycles. The molecule has 0 bridgehead atoms. The number of carbonyl (C=O) groups excluding carboxylic acids is 3. The van der Waals surface area contributed by atoms with Crippen molar-refractivity contribution in [3.63, 3.8) is 0 Å². The van der Waals surface area contributed by atoms with Gasteiger partial charge in [-0.3, -0.25) is 19.3 Å². The van der Waals surface area contributed by atoms with Crippen molar-refractivity contribution < 1.29 is 24.2 Å². The number of imide groups is 1. The molecule has 2 saturated heterocycles. The maximum absolute atomic E-state index is 13.2. The number of ether oxygens (including phenoxy) is 1. The molecule has 3 amide bonds. The smallest absolute Gasteiger partial charge is 0.255 e. The van der Waals surface area contributed by atoms with Gasteiger partial charge in [0.15, 0.2) is 17.6 Å². The zero-order valence-electron chi connectivity index (χ0n) is 18.8. The number of aliphatic hydroxyl groups excluding tert-OH is 1. The molecule has 0 aromatic heterocycles. The monoisotopic (exact) mass is 482 g/mol. The van der Waals surface area contributed by atoms with Crippen LogP contribution in [0.3, 0.4) is 0 Å². The van der Waals surface area contributed by atoms with Crippen LogP contribution in [-0.4, -0.2) is 94.1 Å². The predicted octanol–water partition coefficient (Wildman–Crippen LogP) is -2.77. The Hall–Kier alpha value is -3.87. The van der Waals surface area contributed by atoms with Crippen LogP contribution >= 0.6 is 0 Å². The zero-order chi connectivity index (χ0) is 24.5. The average Bonchev–Trinajstić information content (AvgIpc) is 3.58. The molecule has 184 valence electrons. The first-order chi connectivity index (χ1) is 16.8. The van der Waals surface area contributed by atoms with Crippen molar-refractivity contribution in [1.29, 1.82) is 0 Å². The third kappa shape index (κ3) is 3.07. The second-order valence-corrected chi connectivity index (χ2v) is 9.39. The highest BCUT2D eigenvalue weighted by Gasteiger charge is 2.65. The van der Waals surface area contributed by atoms with Gasteiger partial charge in [0.25, 0.3) is 5.91 Å². The summed E-state index contributed by atoms with van der Waals surface area (Å²) >= 11 is 0. The number of amides is 3. The molecular weight excluding hydrogens is 456 g/mol. The van der Waals surface area contributed by atoms with E-state index in [-0.39, 0.29) is 55.6 Å². The number of benzene rings is 1. The van der Waals surface area contributed by atoms with E-state index in [0.717, 1.165) is 16.9 Å². The normalized spacial score (nSPS) is 32.9. The quantitative estimate of drug-likeness (QED) is 0.283. The summed E-state index contributed by atoms with van der Waals surface area (Å²) in [6, 6.07) is 3.22. The molecule has 1 spiro atoms. The fourth-order valence-electron chi connectivity index (χ4n) is 5.84. The molecule has 2 unspecified atom stereocenters. The van der Waals surface area contributed by atoms with Crippen molar-refractivity contribution in [1.82, 2.24) is 20.4 Å². The van der Waals surface area contributed by atoms with E-state index in [2.05, 4.69) is 20.6 Å². The van der Waals surface area contributed by atoms with Gasteiger partial charge in [-0.25, -0.2) is 9.98 Å². The Morgan fingerprint density at radius 2 is 2.00 bits per heavy atom. The zero-order valence-corrected chi connectivity index (χ0v) is 18.8. The number of hydrogen-bond acceptors (Lipinski definition) is 11. The van der Waals surface area contributed by atoms with Gasteiger partial charge in [0.05, 0.1) is 30.8 Å². The Morgan fingerprint density at radius 3 is 2.77 bits per heavy atom. The highest BCUT2D eigenvalue weighted by molar-refractivity contribution is 6.02. The minimum absolute atomic E-state index is 0.0195. The van der Waals surface area contributed by atoms with Crippen LogP contribution in [0.1, 0.15) is 28.8 Å². The molecule has 0 radical (unpaired) electrons. The molecule has 1 aromatic rings. The highest BCUT2D eigenvalue weighted by atomic mass is 16.5. The molecule has 5 atom stereocenters. The van der Waals surface area contributed by atoms with E-state index < -0.39 is 29.9 Å². The Bertz CT molecular complexity index is 1180. The maximum Gasteiger partial charge on any atom is 0.255 e. The van der Waals surface area contributed by atoms with Gasteiger partial charge in [0.1, 0.15) is 17.9 Å². The second-order valence-electron chi connectivity index (χ2n) is 9.39. The van der Waals surface area contributed by atoms with Crippen LogP contribution in [0.15, 0.2) is 28.2 Å². The number of carbonyl (C=O) groups is 3. The molecule has 5 aliphatic heterocycles. The van der Waals surface area contributed by atoms with Gasteiger partial charge in [-0.05, 0) is 11.6 Å². The lowest BCUT2D eigenvalue weighted by molar-refractivity contribution is -0.138. The molecule has 0 saturated carbocycles. The first-order valence-electron chi connectivity index (χ1n) is 11.6. The van der Waals surface area contributed by atoms with Crippen molar-refractivity contribution in [3.05, 3.63) is 29.3 Å². The molecule has 13 nitrogen and oxygen atoms in total. The van der Waals surface area contributed by atoms with Crippen LogP contribution < -0.4 is 26.8 Å². The van der Waals surface area contributed by atoms with Gasteiger partial charge in [-0.15, -0.1) is 0 Å². The molecule has 5 aliphatic rings. The first-order valence-corrected chi connectivity index (χ1v) is 11.6. The summed E-state index contributed by atoms with van der Waals surface area (Å²) in [5.41, 5.74) is 12.4. The summed E-state index contributed by atoms with van der Waals surface area (Å²) in [5, 5.41) is 17.5. The minimum Gasteiger partial charge on any atom is -0.492 e. The fraction of sp³-hybridized carbons (Fsp3) is 0.500. The Morgan fingerprint density at radius 1 is 1.23 bits per heavy atom. The minimum atomic E-state index is -1.28. The van der Waals surface area contributed by atoms with E-state index in [1.54, 1.807) is 17.0 Å². The van der Waals surface area contributed by atoms with Gasteiger partial charge >= 0.3 is 0 Å². The lowest BCUT2D eigenvalue weighted by Gasteiger charge is -2.46. The van der Waals surface area contributed by atoms with E-state index in [1.807, 2.05) is 6.07 Å². The number of rotatable bonds is 4. The van der Waals surface area contributed by atoms with Crippen LogP contribution in [0.2, 0.25) is 0 Å². The van der Waals surface area contributed by atoms with Crippen LogP contribution in [0.5, 0.6) is 5.75 Å². The molecule has 2 fully saturated rings. The maximum atomic E-state index is 13.2. The highest BCUT2D eigenvalue weighted by Crippen LogP contribution is 2.40. The van der Waals surface area contributed by atoms with Gasteiger partial charge in [0.2, 0.25) is 11.8 Å². The van der Waals surface area contributed by atoms with E-state index >= 15 is 0 Å². The number of nitrogens with two attached hydrogens (primary N) is 2. The topological polar surface area (TPSA) is 188 Å². The Kier molecular flexibility index (Phi) is 4.68. The largest absolute Gasteiger partial charge is 0.492 e. The van der Waals surface area contributed by atoms with Crippen molar-refractivity contribution in [3.8, 4) is 5.75 Å². The molecule has 5 heterocycles. The van der Waals surface area contributed by atoms with Crippen molar-refractivity contribution in [2.45, 2.75) is 49.2 Å². The molecular formula is C22H26N8O5. The molecule has 6 rings (SSSR count). The summed E-state index contributed by atoms with van der Waals surface area (Å²) in [7, 11) is 0. The third-order valence-corrected chi connectivity index (χ3v) is 7.45. The number of hydrogen-bond donors (Lipinski definition) is 5. The summed E-state index contributed by atoms with van der Waals surface area (Å²) in [6.45, 7) is 0.647. The summed E-state index contributed by atoms with van der Waals surface area (Å²) in [6.07, 6.45) is -0.140. The molecule has 7 N–H and O–H groups in total. The van der Waals surface area contributed by atoms with Crippen LogP contribution in [-0.2, 0) is 16.0 Å². The Labute approximate surface area is 200 Å².